The number of rotatable bonds is 4. The predicted molar refractivity (Wildman–Crippen MR) is 93.4 cm³/mol. The van der Waals surface area contributed by atoms with Crippen LogP contribution in [0.5, 0.6) is 5.75 Å². The lowest BCUT2D eigenvalue weighted by molar-refractivity contribution is 0.148. The predicted octanol–water partition coefficient (Wildman–Crippen LogP) is 5.49. The first-order valence-electron chi connectivity index (χ1n) is 8.04. The van der Waals surface area contributed by atoms with Gasteiger partial charge in [-0.25, -0.2) is 0 Å². The molecule has 0 aromatic heterocycles. The van der Waals surface area contributed by atoms with Crippen molar-refractivity contribution < 1.29 is 4.74 Å². The van der Waals surface area contributed by atoms with E-state index in [-0.39, 0.29) is 5.41 Å². The summed E-state index contributed by atoms with van der Waals surface area (Å²) in [4.78, 5) is 0. The normalized spacial score (nSPS) is 18.3. The average Bonchev–Trinajstić information content (AvgIpc) is 2.79. The Morgan fingerprint density at radius 1 is 0.905 bits per heavy atom. The van der Waals surface area contributed by atoms with Gasteiger partial charge in [0.05, 0.1) is 6.61 Å². The zero-order valence-electron chi connectivity index (χ0n) is 12.6. The third-order valence-corrected chi connectivity index (χ3v) is 5.44. The highest BCUT2D eigenvalue weighted by molar-refractivity contribution is 7.80. The van der Waals surface area contributed by atoms with Crippen LogP contribution in [-0.4, -0.2) is 12.4 Å². The molecule has 1 nitrogen and oxygen atoms in total. The summed E-state index contributed by atoms with van der Waals surface area (Å²) in [6.07, 6.45) is 7.88. The smallest absolute Gasteiger partial charge is 0.119 e. The second-order valence-corrected chi connectivity index (χ2v) is 6.69. The molecular weight excluding hydrogens is 276 g/mol. The van der Waals surface area contributed by atoms with E-state index in [1.54, 1.807) is 0 Å². The molecule has 2 aromatic rings. The summed E-state index contributed by atoms with van der Waals surface area (Å²) < 4.78 is 6.15. The molecule has 0 N–H and O–H groups in total. The van der Waals surface area contributed by atoms with Gasteiger partial charge in [-0.15, -0.1) is 0 Å². The van der Waals surface area contributed by atoms with Crippen molar-refractivity contribution in [2.75, 3.05) is 12.4 Å². The number of hydrogen-bond donors (Lipinski definition) is 1. The molecule has 2 aromatic carbocycles. The molecule has 0 radical (unpaired) electrons. The Bertz CT molecular complexity index is 585. The molecule has 112 valence electrons. The van der Waals surface area contributed by atoms with Crippen LogP contribution in [0, 0.1) is 5.41 Å². The highest BCUT2D eigenvalue weighted by atomic mass is 32.1. The van der Waals surface area contributed by atoms with Crippen molar-refractivity contribution in [3.8, 4) is 5.75 Å². The van der Waals surface area contributed by atoms with Crippen LogP contribution < -0.4 is 4.74 Å². The van der Waals surface area contributed by atoms with Crippen molar-refractivity contribution in [3.63, 3.8) is 0 Å². The third-order valence-electron chi connectivity index (χ3n) is 4.77. The monoisotopic (exact) mass is 300 g/mol. The summed E-state index contributed by atoms with van der Waals surface area (Å²) in [6.45, 7) is 0.800. The first kappa shape index (κ1) is 14.8. The molecule has 0 unspecified atom stereocenters. The minimum atomic E-state index is 0.269. The number of fused-ring (bicyclic) bond motifs is 1. The first-order chi connectivity index (χ1) is 10.3. The minimum absolute atomic E-state index is 0.269. The molecule has 1 saturated carbocycles. The molecule has 0 atom stereocenters. The molecule has 2 heteroatoms. The summed E-state index contributed by atoms with van der Waals surface area (Å²) >= 11 is 4.62. The summed E-state index contributed by atoms with van der Waals surface area (Å²) in [5.74, 6) is 1.92. The fourth-order valence-corrected chi connectivity index (χ4v) is 3.73. The lowest BCUT2D eigenvalue weighted by atomic mass is 9.83. The Labute approximate surface area is 133 Å². The van der Waals surface area contributed by atoms with Crippen LogP contribution >= 0.6 is 12.6 Å². The van der Waals surface area contributed by atoms with Gasteiger partial charge in [0.15, 0.2) is 0 Å². The second kappa shape index (κ2) is 6.74. The summed E-state index contributed by atoms with van der Waals surface area (Å²) in [5, 5.41) is 2.51. The molecule has 0 bridgehead atoms. The lowest BCUT2D eigenvalue weighted by Crippen LogP contribution is -2.30. The SMILES string of the molecule is SCC1(COc2ccc3ccccc3c2)CCCCCC1. The Balaban J connectivity index is 1.72. The van der Waals surface area contributed by atoms with Gasteiger partial charge in [0, 0.05) is 5.41 Å². The van der Waals surface area contributed by atoms with Gasteiger partial charge < -0.3 is 4.74 Å². The standard InChI is InChI=1S/C19H24OS/c21-15-19(11-5-1-2-6-12-19)14-20-18-10-9-16-7-3-4-8-17(16)13-18/h3-4,7-10,13,21H,1-2,5-6,11-12,14-15H2. The van der Waals surface area contributed by atoms with E-state index < -0.39 is 0 Å². The van der Waals surface area contributed by atoms with E-state index in [4.69, 9.17) is 4.74 Å². The molecular formula is C19H24OS. The average molecular weight is 300 g/mol. The highest BCUT2D eigenvalue weighted by Crippen LogP contribution is 2.36. The van der Waals surface area contributed by atoms with E-state index in [0.29, 0.717) is 0 Å². The van der Waals surface area contributed by atoms with Gasteiger partial charge in [0.25, 0.3) is 0 Å². The lowest BCUT2D eigenvalue weighted by Gasteiger charge is -2.31. The van der Waals surface area contributed by atoms with Gasteiger partial charge in [-0.3, -0.25) is 0 Å². The van der Waals surface area contributed by atoms with Crippen molar-refractivity contribution in [1.29, 1.82) is 0 Å². The Morgan fingerprint density at radius 2 is 1.62 bits per heavy atom. The third kappa shape index (κ3) is 3.55. The maximum atomic E-state index is 6.15. The molecule has 0 heterocycles. The van der Waals surface area contributed by atoms with Gasteiger partial charge >= 0.3 is 0 Å². The number of ether oxygens (including phenoxy) is 1. The van der Waals surface area contributed by atoms with E-state index in [2.05, 4.69) is 55.1 Å². The molecule has 0 spiro atoms. The van der Waals surface area contributed by atoms with Crippen LogP contribution in [0.2, 0.25) is 0 Å². The van der Waals surface area contributed by atoms with Crippen LogP contribution in [0.3, 0.4) is 0 Å². The maximum Gasteiger partial charge on any atom is 0.119 e. The zero-order chi connectivity index (χ0) is 14.5. The molecule has 1 aliphatic carbocycles. The quantitative estimate of drug-likeness (QED) is 0.580. The zero-order valence-corrected chi connectivity index (χ0v) is 13.4. The van der Waals surface area contributed by atoms with Crippen molar-refractivity contribution in [1.82, 2.24) is 0 Å². The molecule has 3 rings (SSSR count). The van der Waals surface area contributed by atoms with Gasteiger partial charge in [0.1, 0.15) is 5.75 Å². The minimum Gasteiger partial charge on any atom is -0.493 e. The van der Waals surface area contributed by atoms with E-state index in [1.165, 1.54) is 49.3 Å². The fourth-order valence-electron chi connectivity index (χ4n) is 3.32. The summed E-state index contributed by atoms with van der Waals surface area (Å²) in [5.41, 5.74) is 0.269. The molecule has 0 amide bonds. The van der Waals surface area contributed by atoms with Crippen molar-refractivity contribution in [3.05, 3.63) is 42.5 Å². The highest BCUT2D eigenvalue weighted by Gasteiger charge is 2.30. The molecule has 0 saturated heterocycles. The molecule has 1 aliphatic rings. The number of thiol groups is 1. The second-order valence-electron chi connectivity index (χ2n) is 6.37. The van der Waals surface area contributed by atoms with E-state index in [1.807, 2.05) is 0 Å². The number of benzene rings is 2. The van der Waals surface area contributed by atoms with Crippen LogP contribution in [0.1, 0.15) is 38.5 Å². The van der Waals surface area contributed by atoms with Gasteiger partial charge in [-0.1, -0.05) is 56.0 Å². The molecule has 1 fully saturated rings. The van der Waals surface area contributed by atoms with Gasteiger partial charge in [-0.2, -0.15) is 12.6 Å². The van der Waals surface area contributed by atoms with Crippen molar-refractivity contribution >= 4 is 23.4 Å². The Hall–Kier alpha value is -1.15. The first-order valence-corrected chi connectivity index (χ1v) is 8.67. The summed E-state index contributed by atoms with van der Waals surface area (Å²) in [7, 11) is 0. The largest absolute Gasteiger partial charge is 0.493 e. The van der Waals surface area contributed by atoms with Gasteiger partial charge in [-0.05, 0) is 41.5 Å². The summed E-state index contributed by atoms with van der Waals surface area (Å²) in [6, 6.07) is 14.8. The van der Waals surface area contributed by atoms with Crippen molar-refractivity contribution in [2.45, 2.75) is 38.5 Å². The van der Waals surface area contributed by atoms with E-state index in [9.17, 15) is 0 Å². The van der Waals surface area contributed by atoms with E-state index in [0.717, 1.165) is 18.1 Å². The van der Waals surface area contributed by atoms with Crippen molar-refractivity contribution in [2.24, 2.45) is 5.41 Å². The molecule has 0 aliphatic heterocycles. The Kier molecular flexibility index (Phi) is 4.74. The topological polar surface area (TPSA) is 9.23 Å². The van der Waals surface area contributed by atoms with Gasteiger partial charge in [0.2, 0.25) is 0 Å². The number of hydrogen-bond acceptors (Lipinski definition) is 2. The fraction of sp³-hybridized carbons (Fsp3) is 0.474. The van der Waals surface area contributed by atoms with Crippen LogP contribution in [-0.2, 0) is 0 Å². The van der Waals surface area contributed by atoms with Crippen LogP contribution in [0.25, 0.3) is 10.8 Å². The maximum absolute atomic E-state index is 6.15. The van der Waals surface area contributed by atoms with E-state index >= 15 is 0 Å². The Morgan fingerprint density at radius 3 is 2.33 bits per heavy atom. The van der Waals surface area contributed by atoms with Crippen LogP contribution in [0.4, 0.5) is 0 Å². The van der Waals surface area contributed by atoms with Crippen LogP contribution in [0.15, 0.2) is 42.5 Å². The molecule has 21 heavy (non-hydrogen) atoms.